The Morgan fingerprint density at radius 2 is 1.95 bits per heavy atom. The SMILES string of the molecule is Cc1ccc(CNc2cc(C(F)(F)F)ccc2Cl)o1. The first kappa shape index (κ1) is 13.8. The highest BCUT2D eigenvalue weighted by molar-refractivity contribution is 6.33. The van der Waals surface area contributed by atoms with Crippen molar-refractivity contribution < 1.29 is 17.6 Å². The number of alkyl halides is 3. The van der Waals surface area contributed by atoms with Crippen molar-refractivity contribution in [3.8, 4) is 0 Å². The van der Waals surface area contributed by atoms with E-state index < -0.39 is 11.7 Å². The Kier molecular flexibility index (Phi) is 3.75. The van der Waals surface area contributed by atoms with Gasteiger partial charge in [0, 0.05) is 0 Å². The molecule has 0 amide bonds. The Balaban J connectivity index is 2.15. The summed E-state index contributed by atoms with van der Waals surface area (Å²) < 4.78 is 43.0. The Bertz CT molecular complexity index is 578. The molecule has 0 aliphatic carbocycles. The lowest BCUT2D eigenvalue weighted by atomic mass is 10.2. The monoisotopic (exact) mass is 289 g/mol. The first-order chi connectivity index (χ1) is 8.86. The average molecular weight is 290 g/mol. The van der Waals surface area contributed by atoms with E-state index >= 15 is 0 Å². The molecule has 0 saturated heterocycles. The molecule has 1 aromatic heterocycles. The minimum atomic E-state index is -4.39. The Morgan fingerprint density at radius 1 is 1.21 bits per heavy atom. The molecule has 0 spiro atoms. The van der Waals surface area contributed by atoms with Gasteiger partial charge < -0.3 is 9.73 Å². The van der Waals surface area contributed by atoms with Crippen LogP contribution in [0.5, 0.6) is 0 Å². The Hall–Kier alpha value is -1.62. The van der Waals surface area contributed by atoms with Gasteiger partial charge >= 0.3 is 6.18 Å². The van der Waals surface area contributed by atoms with Crippen LogP contribution in [-0.2, 0) is 12.7 Å². The van der Waals surface area contributed by atoms with E-state index in [-0.39, 0.29) is 17.3 Å². The zero-order valence-corrected chi connectivity index (χ0v) is 10.8. The summed E-state index contributed by atoms with van der Waals surface area (Å²) in [5, 5.41) is 3.06. The predicted molar refractivity (Wildman–Crippen MR) is 67.2 cm³/mol. The van der Waals surface area contributed by atoms with E-state index in [1.165, 1.54) is 6.07 Å². The lowest BCUT2D eigenvalue weighted by molar-refractivity contribution is -0.137. The van der Waals surface area contributed by atoms with Crippen molar-refractivity contribution >= 4 is 17.3 Å². The number of halogens is 4. The third-order valence-corrected chi connectivity index (χ3v) is 2.87. The number of furan rings is 1. The van der Waals surface area contributed by atoms with Crippen LogP contribution in [0.4, 0.5) is 18.9 Å². The summed E-state index contributed by atoms with van der Waals surface area (Å²) in [5.74, 6) is 1.37. The first-order valence-electron chi connectivity index (χ1n) is 5.52. The molecule has 0 radical (unpaired) electrons. The Labute approximate surface area is 113 Å². The van der Waals surface area contributed by atoms with Crippen molar-refractivity contribution in [3.05, 3.63) is 52.4 Å². The van der Waals surface area contributed by atoms with Crippen LogP contribution in [0.2, 0.25) is 5.02 Å². The van der Waals surface area contributed by atoms with E-state index in [0.717, 1.165) is 17.9 Å². The van der Waals surface area contributed by atoms with Crippen molar-refractivity contribution in [2.45, 2.75) is 19.6 Å². The van der Waals surface area contributed by atoms with Crippen LogP contribution in [0.3, 0.4) is 0 Å². The summed E-state index contributed by atoms with van der Waals surface area (Å²) in [6, 6.07) is 6.69. The molecule has 19 heavy (non-hydrogen) atoms. The van der Waals surface area contributed by atoms with Gasteiger partial charge in [-0.25, -0.2) is 0 Å². The van der Waals surface area contributed by atoms with Crippen molar-refractivity contribution in [1.29, 1.82) is 0 Å². The first-order valence-corrected chi connectivity index (χ1v) is 5.90. The van der Waals surface area contributed by atoms with Crippen LogP contribution in [0.25, 0.3) is 0 Å². The molecule has 2 rings (SSSR count). The van der Waals surface area contributed by atoms with Crippen LogP contribution < -0.4 is 5.32 Å². The highest BCUT2D eigenvalue weighted by atomic mass is 35.5. The van der Waals surface area contributed by atoms with Crippen LogP contribution in [0, 0.1) is 6.92 Å². The predicted octanol–water partition coefficient (Wildman–Crippen LogP) is 4.87. The summed E-state index contributed by atoms with van der Waals surface area (Å²) in [6.07, 6.45) is -4.39. The van der Waals surface area contributed by atoms with E-state index in [1.807, 2.05) is 0 Å². The van der Waals surface area contributed by atoms with Crippen molar-refractivity contribution in [3.63, 3.8) is 0 Å². The molecule has 1 heterocycles. The van der Waals surface area contributed by atoms with Crippen molar-refractivity contribution in [2.75, 3.05) is 5.32 Å². The number of rotatable bonds is 3. The maximum atomic E-state index is 12.6. The van der Waals surface area contributed by atoms with Crippen LogP contribution in [-0.4, -0.2) is 0 Å². The molecule has 0 unspecified atom stereocenters. The van der Waals surface area contributed by atoms with E-state index in [4.69, 9.17) is 16.0 Å². The molecule has 0 bridgehead atoms. The number of hydrogen-bond acceptors (Lipinski definition) is 2. The molecule has 2 nitrogen and oxygen atoms in total. The molecule has 0 aliphatic rings. The molecule has 1 aromatic carbocycles. The van der Waals surface area contributed by atoms with Crippen LogP contribution in [0.1, 0.15) is 17.1 Å². The van der Waals surface area contributed by atoms with Crippen LogP contribution in [0.15, 0.2) is 34.7 Å². The second-order valence-corrected chi connectivity index (χ2v) is 4.47. The fourth-order valence-electron chi connectivity index (χ4n) is 1.60. The van der Waals surface area contributed by atoms with Crippen LogP contribution >= 0.6 is 11.6 Å². The highest BCUT2D eigenvalue weighted by Gasteiger charge is 2.30. The normalized spacial score (nSPS) is 11.6. The molecule has 1 N–H and O–H groups in total. The number of benzene rings is 1. The molecule has 2 aromatic rings. The summed E-state index contributed by atoms with van der Waals surface area (Å²) in [4.78, 5) is 0. The molecule has 0 aliphatic heterocycles. The lowest BCUT2D eigenvalue weighted by Crippen LogP contribution is -2.06. The second kappa shape index (κ2) is 5.17. The maximum Gasteiger partial charge on any atom is 0.416 e. The fraction of sp³-hybridized carbons (Fsp3) is 0.231. The van der Waals surface area contributed by atoms with Gasteiger partial charge in [0.1, 0.15) is 11.5 Å². The number of nitrogens with one attached hydrogen (secondary N) is 1. The van der Waals surface area contributed by atoms with Gasteiger partial charge in [0.2, 0.25) is 0 Å². The minimum Gasteiger partial charge on any atom is -0.465 e. The van der Waals surface area contributed by atoms with Gasteiger partial charge in [0.05, 0.1) is 22.8 Å². The van der Waals surface area contributed by atoms with E-state index in [2.05, 4.69) is 5.32 Å². The molecule has 0 saturated carbocycles. The number of hydrogen-bond donors (Lipinski definition) is 1. The van der Waals surface area contributed by atoms with E-state index in [9.17, 15) is 13.2 Å². The molecular weight excluding hydrogens is 279 g/mol. The summed E-state index contributed by atoms with van der Waals surface area (Å²) in [7, 11) is 0. The van der Waals surface area contributed by atoms with Crippen molar-refractivity contribution in [1.82, 2.24) is 0 Å². The maximum absolute atomic E-state index is 12.6. The zero-order valence-electron chi connectivity index (χ0n) is 10.0. The average Bonchev–Trinajstić information content (AvgIpc) is 2.72. The van der Waals surface area contributed by atoms with Gasteiger partial charge in [-0.05, 0) is 37.3 Å². The molecule has 0 atom stereocenters. The molecular formula is C13H11ClF3NO. The lowest BCUT2D eigenvalue weighted by Gasteiger charge is -2.11. The van der Waals surface area contributed by atoms with E-state index in [1.54, 1.807) is 19.1 Å². The van der Waals surface area contributed by atoms with E-state index in [0.29, 0.717) is 5.76 Å². The highest BCUT2D eigenvalue weighted by Crippen LogP contribution is 2.33. The third-order valence-electron chi connectivity index (χ3n) is 2.54. The van der Waals surface area contributed by atoms with Gasteiger partial charge in [-0.1, -0.05) is 11.6 Å². The van der Waals surface area contributed by atoms with Crippen molar-refractivity contribution in [2.24, 2.45) is 0 Å². The number of anilines is 1. The summed E-state index contributed by atoms with van der Waals surface area (Å²) in [5.41, 5.74) is -0.513. The van der Waals surface area contributed by atoms with Gasteiger partial charge in [0.15, 0.2) is 0 Å². The number of aryl methyl sites for hydroxylation is 1. The van der Waals surface area contributed by atoms with Gasteiger partial charge in [0.25, 0.3) is 0 Å². The Morgan fingerprint density at radius 3 is 2.53 bits per heavy atom. The molecule has 102 valence electrons. The minimum absolute atomic E-state index is 0.227. The quantitative estimate of drug-likeness (QED) is 0.872. The third kappa shape index (κ3) is 3.44. The second-order valence-electron chi connectivity index (χ2n) is 4.06. The standard InChI is InChI=1S/C13H11ClF3NO/c1-8-2-4-10(19-8)7-18-12-6-9(13(15,16)17)3-5-11(12)14/h2-6,18H,7H2,1H3. The molecule has 6 heteroatoms. The van der Waals surface area contributed by atoms with Gasteiger partial charge in [-0.2, -0.15) is 13.2 Å². The fourth-order valence-corrected chi connectivity index (χ4v) is 1.78. The smallest absolute Gasteiger partial charge is 0.416 e. The van der Waals surface area contributed by atoms with Gasteiger partial charge in [-0.3, -0.25) is 0 Å². The van der Waals surface area contributed by atoms with Gasteiger partial charge in [-0.15, -0.1) is 0 Å². The molecule has 0 fully saturated rings. The summed E-state index contributed by atoms with van der Waals surface area (Å²) >= 11 is 5.86. The topological polar surface area (TPSA) is 25.2 Å². The summed E-state index contributed by atoms with van der Waals surface area (Å²) in [6.45, 7) is 2.07. The largest absolute Gasteiger partial charge is 0.465 e. The zero-order chi connectivity index (χ0) is 14.0.